The van der Waals surface area contributed by atoms with Gasteiger partial charge in [-0.3, -0.25) is 10.0 Å². The van der Waals surface area contributed by atoms with E-state index in [9.17, 15) is 4.79 Å². The molecule has 1 amide bonds. The molecule has 1 heterocycles. The Morgan fingerprint density at radius 3 is 1.92 bits per heavy atom. The van der Waals surface area contributed by atoms with Crippen LogP contribution in [-0.2, 0) is 17.9 Å². The molecule has 26 heavy (non-hydrogen) atoms. The number of amides is 1. The Kier molecular flexibility index (Phi) is 4.42. The van der Waals surface area contributed by atoms with Crippen LogP contribution < -0.4 is 10.4 Å². The number of carbonyl (C=O) groups excluding carboxylic acids is 1. The molecule has 0 bridgehead atoms. The second kappa shape index (κ2) is 7.02. The fourth-order valence-corrected chi connectivity index (χ4v) is 3.60. The molecular formula is C22H20N2O2. The Labute approximate surface area is 152 Å². The lowest BCUT2D eigenvalue weighted by Gasteiger charge is -2.20. The quantitative estimate of drug-likeness (QED) is 0.558. The minimum atomic E-state index is -0.536. The molecule has 1 atom stereocenters. The highest BCUT2D eigenvalue weighted by Crippen LogP contribution is 2.31. The molecule has 0 aliphatic carbocycles. The van der Waals surface area contributed by atoms with Crippen LogP contribution in [0.25, 0.3) is 0 Å². The average molecular weight is 344 g/mol. The van der Waals surface area contributed by atoms with Gasteiger partial charge >= 0.3 is 0 Å². The van der Waals surface area contributed by atoms with Gasteiger partial charge in [-0.1, -0.05) is 66.7 Å². The first-order chi connectivity index (χ1) is 12.8. The summed E-state index contributed by atoms with van der Waals surface area (Å²) in [4.78, 5) is 14.5. The van der Waals surface area contributed by atoms with E-state index >= 15 is 0 Å². The van der Waals surface area contributed by atoms with E-state index in [-0.39, 0.29) is 0 Å². The number of anilines is 1. The summed E-state index contributed by atoms with van der Waals surface area (Å²) in [6.07, 6.45) is 0. The molecule has 3 aromatic carbocycles. The highest BCUT2D eigenvalue weighted by Gasteiger charge is 2.23. The van der Waals surface area contributed by atoms with E-state index in [0.717, 1.165) is 29.9 Å². The zero-order chi connectivity index (χ0) is 17.9. The monoisotopic (exact) mass is 344 g/mol. The summed E-state index contributed by atoms with van der Waals surface area (Å²) in [6, 6.07) is 26.0. The highest BCUT2D eigenvalue weighted by atomic mass is 16.5. The summed E-state index contributed by atoms with van der Waals surface area (Å²) in [5.41, 5.74) is 7.34. The average Bonchev–Trinajstić information content (AvgIpc) is 3.13. The van der Waals surface area contributed by atoms with Crippen molar-refractivity contribution in [2.75, 3.05) is 4.90 Å². The van der Waals surface area contributed by atoms with Crippen LogP contribution in [0, 0.1) is 0 Å². The third-order valence-corrected chi connectivity index (χ3v) is 4.94. The minimum Gasteiger partial charge on any atom is -0.363 e. The van der Waals surface area contributed by atoms with Crippen LogP contribution in [0.1, 0.15) is 28.2 Å². The zero-order valence-electron chi connectivity index (χ0n) is 14.3. The van der Waals surface area contributed by atoms with Crippen LogP contribution in [0.3, 0.4) is 0 Å². The molecule has 0 radical (unpaired) electrons. The Balaban J connectivity index is 1.60. The van der Waals surface area contributed by atoms with Crippen molar-refractivity contribution in [3.05, 3.63) is 101 Å². The lowest BCUT2D eigenvalue weighted by atomic mass is 9.90. The number of hydroxylamine groups is 1. The Bertz CT molecular complexity index is 882. The maximum atomic E-state index is 12.2. The number of benzene rings is 3. The van der Waals surface area contributed by atoms with Gasteiger partial charge in [0.25, 0.3) is 5.91 Å². The first-order valence-electron chi connectivity index (χ1n) is 8.67. The van der Waals surface area contributed by atoms with Gasteiger partial charge in [0.05, 0.1) is 5.92 Å². The molecule has 3 aromatic rings. The van der Waals surface area contributed by atoms with Gasteiger partial charge in [-0.25, -0.2) is 5.48 Å². The van der Waals surface area contributed by atoms with E-state index in [2.05, 4.69) is 29.2 Å². The molecule has 0 fully saturated rings. The first kappa shape index (κ1) is 16.4. The Morgan fingerprint density at radius 2 is 1.35 bits per heavy atom. The number of nitrogens with zero attached hydrogens (tertiary/aromatic N) is 1. The number of hydrogen-bond donors (Lipinski definition) is 2. The summed E-state index contributed by atoms with van der Waals surface area (Å²) in [6.45, 7) is 1.80. The zero-order valence-corrected chi connectivity index (χ0v) is 14.3. The number of hydrogen-bond acceptors (Lipinski definition) is 3. The predicted octanol–water partition coefficient (Wildman–Crippen LogP) is 3.84. The Morgan fingerprint density at radius 1 is 0.808 bits per heavy atom. The molecule has 0 saturated heterocycles. The van der Waals surface area contributed by atoms with Crippen LogP contribution in [-0.4, -0.2) is 11.1 Å². The predicted molar refractivity (Wildman–Crippen MR) is 101 cm³/mol. The Hall–Kier alpha value is -3.11. The van der Waals surface area contributed by atoms with Gasteiger partial charge in [0, 0.05) is 18.8 Å². The van der Waals surface area contributed by atoms with Crippen LogP contribution in [0.5, 0.6) is 0 Å². The molecule has 1 aliphatic heterocycles. The van der Waals surface area contributed by atoms with Crippen molar-refractivity contribution in [2.45, 2.75) is 19.0 Å². The smallest absolute Gasteiger partial charge is 0.255 e. The van der Waals surface area contributed by atoms with Crippen molar-refractivity contribution in [2.24, 2.45) is 0 Å². The summed E-state index contributed by atoms with van der Waals surface area (Å²) in [5, 5.41) is 9.15. The second-order valence-corrected chi connectivity index (χ2v) is 6.54. The second-order valence-electron chi connectivity index (χ2n) is 6.54. The molecule has 1 unspecified atom stereocenters. The molecule has 130 valence electrons. The van der Waals surface area contributed by atoms with Crippen LogP contribution >= 0.6 is 0 Å². The first-order valence-corrected chi connectivity index (χ1v) is 8.67. The standard InChI is InChI=1S/C22H20N2O2/c25-22(23-26)21(16-6-2-1-3-7-16)17-10-12-20(13-11-17)24-14-18-8-4-5-9-19(18)15-24/h1-13,21,26H,14-15H2,(H,23,25). The van der Waals surface area contributed by atoms with Gasteiger partial charge in [-0.05, 0) is 34.4 Å². The van der Waals surface area contributed by atoms with Gasteiger partial charge in [0.1, 0.15) is 0 Å². The normalized spacial score (nSPS) is 14.0. The van der Waals surface area contributed by atoms with Crippen molar-refractivity contribution in [1.82, 2.24) is 5.48 Å². The third-order valence-electron chi connectivity index (χ3n) is 4.94. The molecule has 4 rings (SSSR count). The molecule has 2 N–H and O–H groups in total. The fraction of sp³-hybridized carbons (Fsp3) is 0.136. The number of nitrogens with one attached hydrogen (secondary N) is 1. The summed E-state index contributed by atoms with van der Waals surface area (Å²) >= 11 is 0. The summed E-state index contributed by atoms with van der Waals surface area (Å²) < 4.78 is 0. The molecular weight excluding hydrogens is 324 g/mol. The van der Waals surface area contributed by atoms with Crippen molar-refractivity contribution < 1.29 is 10.0 Å². The fourth-order valence-electron chi connectivity index (χ4n) is 3.60. The molecule has 0 saturated carbocycles. The number of rotatable bonds is 4. The largest absolute Gasteiger partial charge is 0.363 e. The van der Waals surface area contributed by atoms with Gasteiger partial charge < -0.3 is 4.90 Å². The van der Waals surface area contributed by atoms with E-state index in [1.807, 2.05) is 54.6 Å². The van der Waals surface area contributed by atoms with Gasteiger partial charge in [-0.15, -0.1) is 0 Å². The lowest BCUT2D eigenvalue weighted by Crippen LogP contribution is -2.27. The topological polar surface area (TPSA) is 52.6 Å². The molecule has 0 aromatic heterocycles. The van der Waals surface area contributed by atoms with E-state index < -0.39 is 11.8 Å². The van der Waals surface area contributed by atoms with E-state index in [4.69, 9.17) is 5.21 Å². The van der Waals surface area contributed by atoms with Crippen molar-refractivity contribution >= 4 is 11.6 Å². The number of carbonyl (C=O) groups is 1. The maximum absolute atomic E-state index is 12.2. The summed E-state index contributed by atoms with van der Waals surface area (Å²) in [5.74, 6) is -0.969. The van der Waals surface area contributed by atoms with Crippen molar-refractivity contribution in [3.63, 3.8) is 0 Å². The van der Waals surface area contributed by atoms with Crippen LogP contribution in [0.2, 0.25) is 0 Å². The molecule has 1 aliphatic rings. The van der Waals surface area contributed by atoms with Gasteiger partial charge in [0.15, 0.2) is 0 Å². The van der Waals surface area contributed by atoms with Crippen LogP contribution in [0.15, 0.2) is 78.9 Å². The minimum absolute atomic E-state index is 0.433. The van der Waals surface area contributed by atoms with Gasteiger partial charge in [0.2, 0.25) is 0 Å². The van der Waals surface area contributed by atoms with Crippen molar-refractivity contribution in [1.29, 1.82) is 0 Å². The van der Waals surface area contributed by atoms with Crippen LogP contribution in [0.4, 0.5) is 5.69 Å². The SMILES string of the molecule is O=C(NO)C(c1ccccc1)c1ccc(N2Cc3ccccc3C2)cc1. The van der Waals surface area contributed by atoms with E-state index in [1.54, 1.807) is 5.48 Å². The molecule has 4 nitrogen and oxygen atoms in total. The maximum Gasteiger partial charge on any atom is 0.255 e. The summed E-state index contributed by atoms with van der Waals surface area (Å²) in [7, 11) is 0. The number of fused-ring (bicyclic) bond motifs is 1. The van der Waals surface area contributed by atoms with E-state index in [0.29, 0.717) is 0 Å². The van der Waals surface area contributed by atoms with E-state index in [1.165, 1.54) is 11.1 Å². The molecule has 0 spiro atoms. The lowest BCUT2D eigenvalue weighted by molar-refractivity contribution is -0.129. The highest BCUT2D eigenvalue weighted by molar-refractivity contribution is 5.86. The van der Waals surface area contributed by atoms with Crippen molar-refractivity contribution in [3.8, 4) is 0 Å². The van der Waals surface area contributed by atoms with Gasteiger partial charge in [-0.2, -0.15) is 0 Å². The third kappa shape index (κ3) is 3.07. The molecule has 4 heteroatoms.